The number of aromatic carboxylic acids is 1. The molecule has 2 rings (SSSR count). The molecule has 0 bridgehead atoms. The van der Waals surface area contributed by atoms with E-state index < -0.39 is 16.0 Å². The fourth-order valence-electron chi connectivity index (χ4n) is 2.52. The molecule has 1 aliphatic rings. The zero-order valence-electron chi connectivity index (χ0n) is 11.2. The predicted molar refractivity (Wildman–Crippen MR) is 76.0 cm³/mol. The molecule has 110 valence electrons. The lowest BCUT2D eigenvalue weighted by Crippen LogP contribution is -2.29. The summed E-state index contributed by atoms with van der Waals surface area (Å²) in [6.07, 6.45) is 4.51. The molecule has 1 aromatic rings. The second-order valence-corrected chi connectivity index (χ2v) is 7.07. The summed E-state index contributed by atoms with van der Waals surface area (Å²) in [7, 11) is -3.41. The topological polar surface area (TPSA) is 83.5 Å². The van der Waals surface area contributed by atoms with Crippen LogP contribution in [0, 0.1) is 5.92 Å². The Bertz CT molecular complexity index is 577. The summed E-state index contributed by atoms with van der Waals surface area (Å²) < 4.78 is 26.6. The molecule has 0 amide bonds. The average molecular weight is 297 g/mol. The molecular formula is C14H19NO4S. The molecule has 0 atom stereocenters. The number of rotatable bonds is 6. The minimum Gasteiger partial charge on any atom is -0.478 e. The summed E-state index contributed by atoms with van der Waals surface area (Å²) in [5, 5.41) is 8.89. The largest absolute Gasteiger partial charge is 0.478 e. The van der Waals surface area contributed by atoms with Crippen LogP contribution in [0.3, 0.4) is 0 Å². The molecule has 0 saturated heterocycles. The van der Waals surface area contributed by atoms with Crippen molar-refractivity contribution in [3.63, 3.8) is 0 Å². The van der Waals surface area contributed by atoms with E-state index in [-0.39, 0.29) is 11.3 Å². The van der Waals surface area contributed by atoms with Crippen molar-refractivity contribution in [2.24, 2.45) is 5.92 Å². The van der Waals surface area contributed by atoms with Crippen LogP contribution in [-0.2, 0) is 15.8 Å². The summed E-state index contributed by atoms with van der Waals surface area (Å²) in [5.74, 6) is -0.792. The van der Waals surface area contributed by atoms with Crippen LogP contribution in [0.25, 0.3) is 0 Å². The molecule has 6 heteroatoms. The van der Waals surface area contributed by atoms with Crippen molar-refractivity contribution in [1.29, 1.82) is 0 Å². The molecular weight excluding hydrogens is 278 g/mol. The fraction of sp³-hybridized carbons (Fsp3) is 0.500. The summed E-state index contributed by atoms with van der Waals surface area (Å²) in [6.45, 7) is 0.487. The third-order valence-electron chi connectivity index (χ3n) is 3.60. The Hall–Kier alpha value is -1.40. The second-order valence-electron chi connectivity index (χ2n) is 5.26. The number of hydrogen-bond donors (Lipinski definition) is 2. The summed E-state index contributed by atoms with van der Waals surface area (Å²) >= 11 is 0. The van der Waals surface area contributed by atoms with Crippen LogP contribution < -0.4 is 4.72 Å². The standard InChI is InChI=1S/C14H19NO4S/c16-14(17)13-7-3-6-12(8-13)10-20(18,19)15-9-11-4-1-2-5-11/h3,6-8,11,15H,1-2,4-5,9-10H2,(H,16,17). The first-order chi connectivity index (χ1) is 9.46. The quantitative estimate of drug-likeness (QED) is 0.841. The number of nitrogens with one attached hydrogen (secondary N) is 1. The molecule has 2 N–H and O–H groups in total. The molecule has 20 heavy (non-hydrogen) atoms. The smallest absolute Gasteiger partial charge is 0.335 e. The van der Waals surface area contributed by atoms with E-state index in [4.69, 9.17) is 5.11 Å². The van der Waals surface area contributed by atoms with Crippen molar-refractivity contribution >= 4 is 16.0 Å². The Morgan fingerprint density at radius 1 is 1.30 bits per heavy atom. The van der Waals surface area contributed by atoms with E-state index >= 15 is 0 Å². The second kappa shape index (κ2) is 6.37. The highest BCUT2D eigenvalue weighted by Crippen LogP contribution is 2.24. The van der Waals surface area contributed by atoms with Gasteiger partial charge in [-0.3, -0.25) is 0 Å². The molecule has 1 saturated carbocycles. The van der Waals surface area contributed by atoms with Crippen LogP contribution >= 0.6 is 0 Å². The Labute approximate surface area is 119 Å². The molecule has 0 unspecified atom stereocenters. The highest BCUT2D eigenvalue weighted by molar-refractivity contribution is 7.88. The molecule has 0 heterocycles. The van der Waals surface area contributed by atoms with Crippen molar-refractivity contribution < 1.29 is 18.3 Å². The minimum absolute atomic E-state index is 0.105. The van der Waals surface area contributed by atoms with E-state index in [0.717, 1.165) is 12.8 Å². The van der Waals surface area contributed by atoms with Gasteiger partial charge in [-0.1, -0.05) is 25.0 Å². The van der Waals surface area contributed by atoms with Crippen LogP contribution in [0.5, 0.6) is 0 Å². The lowest BCUT2D eigenvalue weighted by molar-refractivity contribution is 0.0696. The van der Waals surface area contributed by atoms with Gasteiger partial charge in [0.15, 0.2) is 0 Å². The summed E-state index contributed by atoms with van der Waals surface area (Å²) in [5.41, 5.74) is 0.595. The van der Waals surface area contributed by atoms with Gasteiger partial charge in [-0.2, -0.15) is 0 Å². The zero-order valence-corrected chi connectivity index (χ0v) is 12.0. The Balaban J connectivity index is 1.96. The number of benzene rings is 1. The number of sulfonamides is 1. The van der Waals surface area contributed by atoms with Gasteiger partial charge in [-0.25, -0.2) is 17.9 Å². The lowest BCUT2D eigenvalue weighted by Gasteiger charge is -2.11. The maximum atomic E-state index is 12.0. The number of carbonyl (C=O) groups is 1. The van der Waals surface area contributed by atoms with Crippen LogP contribution in [-0.4, -0.2) is 26.0 Å². The van der Waals surface area contributed by atoms with Crippen LogP contribution in [0.15, 0.2) is 24.3 Å². The van der Waals surface area contributed by atoms with Crippen molar-refractivity contribution in [3.05, 3.63) is 35.4 Å². The van der Waals surface area contributed by atoms with E-state index in [2.05, 4.69) is 4.72 Å². The Morgan fingerprint density at radius 3 is 2.65 bits per heavy atom. The van der Waals surface area contributed by atoms with E-state index in [0.29, 0.717) is 18.0 Å². The number of hydrogen-bond acceptors (Lipinski definition) is 3. The molecule has 0 aromatic heterocycles. The normalized spacial score (nSPS) is 16.4. The van der Waals surface area contributed by atoms with Gasteiger partial charge in [0.2, 0.25) is 10.0 Å². The molecule has 1 aromatic carbocycles. The first-order valence-corrected chi connectivity index (χ1v) is 8.41. The average Bonchev–Trinajstić information content (AvgIpc) is 2.89. The van der Waals surface area contributed by atoms with E-state index in [1.54, 1.807) is 12.1 Å². The van der Waals surface area contributed by atoms with E-state index in [1.807, 2.05) is 0 Å². The van der Waals surface area contributed by atoms with Gasteiger partial charge in [-0.15, -0.1) is 0 Å². The third kappa shape index (κ3) is 4.31. The first-order valence-electron chi connectivity index (χ1n) is 6.76. The maximum absolute atomic E-state index is 12.0. The fourth-order valence-corrected chi connectivity index (χ4v) is 3.73. The molecule has 1 aliphatic carbocycles. The summed E-state index contributed by atoms with van der Waals surface area (Å²) in [6, 6.07) is 6.04. The molecule has 0 spiro atoms. The highest BCUT2D eigenvalue weighted by atomic mass is 32.2. The van der Waals surface area contributed by atoms with E-state index in [9.17, 15) is 13.2 Å². The molecule has 1 fully saturated rings. The SMILES string of the molecule is O=C(O)c1cccc(CS(=O)(=O)NCC2CCCC2)c1. The molecule has 0 radical (unpaired) electrons. The predicted octanol–water partition coefficient (Wildman–Crippen LogP) is 1.99. The van der Waals surface area contributed by atoms with Gasteiger partial charge in [0, 0.05) is 6.54 Å². The van der Waals surface area contributed by atoms with Gasteiger partial charge >= 0.3 is 5.97 Å². The van der Waals surface area contributed by atoms with E-state index in [1.165, 1.54) is 25.0 Å². The zero-order chi connectivity index (χ0) is 14.6. The molecule has 5 nitrogen and oxygen atoms in total. The Kier molecular flexibility index (Phi) is 4.77. The highest BCUT2D eigenvalue weighted by Gasteiger charge is 2.19. The number of carboxylic acid groups (broad SMARTS) is 1. The monoisotopic (exact) mass is 297 g/mol. The van der Waals surface area contributed by atoms with Crippen molar-refractivity contribution in [2.45, 2.75) is 31.4 Å². The van der Waals surface area contributed by atoms with Gasteiger partial charge < -0.3 is 5.11 Å². The minimum atomic E-state index is -3.41. The first kappa shape index (κ1) is 15.0. The van der Waals surface area contributed by atoms with Crippen molar-refractivity contribution in [1.82, 2.24) is 4.72 Å². The lowest BCUT2D eigenvalue weighted by atomic mass is 10.1. The maximum Gasteiger partial charge on any atom is 0.335 e. The van der Waals surface area contributed by atoms with Crippen LogP contribution in [0.1, 0.15) is 41.6 Å². The summed E-state index contributed by atoms with van der Waals surface area (Å²) in [4.78, 5) is 10.9. The molecule has 0 aliphatic heterocycles. The van der Waals surface area contributed by atoms with Gasteiger partial charge in [0.05, 0.1) is 11.3 Å². The number of carboxylic acids is 1. The van der Waals surface area contributed by atoms with Gasteiger partial charge in [-0.05, 0) is 36.5 Å². The van der Waals surface area contributed by atoms with Crippen LogP contribution in [0.2, 0.25) is 0 Å². The Morgan fingerprint density at radius 2 is 2.00 bits per heavy atom. The third-order valence-corrected chi connectivity index (χ3v) is 4.92. The van der Waals surface area contributed by atoms with Gasteiger partial charge in [0.25, 0.3) is 0 Å². The van der Waals surface area contributed by atoms with Gasteiger partial charge in [0.1, 0.15) is 0 Å². The van der Waals surface area contributed by atoms with Crippen molar-refractivity contribution in [3.8, 4) is 0 Å². The van der Waals surface area contributed by atoms with Crippen molar-refractivity contribution in [2.75, 3.05) is 6.54 Å². The van der Waals surface area contributed by atoms with Crippen LogP contribution in [0.4, 0.5) is 0 Å².